The average molecular weight is 443 g/mol. The fourth-order valence-electron chi connectivity index (χ4n) is 3.04. The molecule has 11 heteroatoms. The van der Waals surface area contributed by atoms with Crippen LogP contribution in [-0.4, -0.2) is 54.0 Å². The van der Waals surface area contributed by atoms with Crippen LogP contribution in [0.4, 0.5) is 0 Å². The fourth-order valence-corrected chi connectivity index (χ4v) is 4.41. The van der Waals surface area contributed by atoms with E-state index in [0.717, 1.165) is 21.3 Å². The Morgan fingerprint density at radius 1 is 1.27 bits per heavy atom. The molecule has 0 aliphatic rings. The Bertz CT molecular complexity index is 1150. The van der Waals surface area contributed by atoms with E-state index >= 15 is 0 Å². The van der Waals surface area contributed by atoms with Gasteiger partial charge in [0.05, 0.1) is 12.3 Å². The molecule has 0 saturated heterocycles. The number of carbonyl (C=O) groups is 2. The van der Waals surface area contributed by atoms with Crippen molar-refractivity contribution in [2.45, 2.75) is 24.2 Å². The van der Waals surface area contributed by atoms with E-state index in [1.165, 1.54) is 11.8 Å². The summed E-state index contributed by atoms with van der Waals surface area (Å²) in [7, 11) is 0. The summed E-state index contributed by atoms with van der Waals surface area (Å²) in [6, 6.07) is 10.5. The predicted molar refractivity (Wildman–Crippen MR) is 114 cm³/mol. The molecule has 9 nitrogen and oxygen atoms in total. The average Bonchev–Trinajstić information content (AvgIpc) is 3.48. The number of rotatable bonds is 9. The number of aromatic nitrogens is 5. The molecule has 0 bridgehead atoms. The van der Waals surface area contributed by atoms with Crippen molar-refractivity contribution in [3.63, 3.8) is 0 Å². The number of tetrazole rings is 1. The van der Waals surface area contributed by atoms with Gasteiger partial charge in [0.1, 0.15) is 6.04 Å². The van der Waals surface area contributed by atoms with Gasteiger partial charge in [-0.1, -0.05) is 36.0 Å². The third-order valence-corrected chi connectivity index (χ3v) is 6.27. The van der Waals surface area contributed by atoms with Gasteiger partial charge in [-0.3, -0.25) is 4.79 Å². The first kappa shape index (κ1) is 20.1. The number of hydrogen-bond acceptors (Lipinski definition) is 7. The maximum atomic E-state index is 12.4. The zero-order valence-corrected chi connectivity index (χ0v) is 17.3. The maximum absolute atomic E-state index is 12.4. The quantitative estimate of drug-likeness (QED) is 0.339. The first-order valence-electron chi connectivity index (χ1n) is 9.08. The number of amides is 1. The highest BCUT2D eigenvalue weighted by Crippen LogP contribution is 2.20. The zero-order valence-electron chi connectivity index (χ0n) is 15.7. The van der Waals surface area contributed by atoms with Gasteiger partial charge in [-0.2, -0.15) is 0 Å². The molecule has 30 heavy (non-hydrogen) atoms. The van der Waals surface area contributed by atoms with Crippen molar-refractivity contribution in [3.8, 4) is 0 Å². The highest BCUT2D eigenvalue weighted by molar-refractivity contribution is 7.99. The molecule has 1 amide bonds. The smallest absolute Gasteiger partial charge is 0.326 e. The summed E-state index contributed by atoms with van der Waals surface area (Å²) in [6.45, 7) is 0.521. The topological polar surface area (TPSA) is 126 Å². The number of benzene rings is 1. The minimum atomic E-state index is -1.08. The third-order valence-electron chi connectivity index (χ3n) is 4.45. The third kappa shape index (κ3) is 4.69. The minimum absolute atomic E-state index is 0.0163. The van der Waals surface area contributed by atoms with E-state index in [0.29, 0.717) is 11.7 Å². The Labute approximate surface area is 179 Å². The number of thiophene rings is 1. The van der Waals surface area contributed by atoms with Crippen LogP contribution in [-0.2, 0) is 22.6 Å². The van der Waals surface area contributed by atoms with Gasteiger partial charge in [0, 0.05) is 28.4 Å². The second kappa shape index (κ2) is 9.09. The zero-order chi connectivity index (χ0) is 20.9. The van der Waals surface area contributed by atoms with Crippen molar-refractivity contribution in [3.05, 3.63) is 58.4 Å². The first-order chi connectivity index (χ1) is 14.6. The summed E-state index contributed by atoms with van der Waals surface area (Å²) >= 11 is 2.76. The van der Waals surface area contributed by atoms with Gasteiger partial charge in [-0.25, -0.2) is 9.48 Å². The lowest BCUT2D eigenvalue weighted by Gasteiger charge is -2.14. The minimum Gasteiger partial charge on any atom is -0.480 e. The van der Waals surface area contributed by atoms with Crippen molar-refractivity contribution in [1.82, 2.24) is 30.5 Å². The molecule has 3 aromatic heterocycles. The van der Waals surface area contributed by atoms with Crippen LogP contribution in [0.25, 0.3) is 10.9 Å². The van der Waals surface area contributed by atoms with E-state index < -0.39 is 17.9 Å². The second-order valence-electron chi connectivity index (χ2n) is 6.51. The van der Waals surface area contributed by atoms with Gasteiger partial charge in [0.25, 0.3) is 0 Å². The highest BCUT2D eigenvalue weighted by atomic mass is 32.2. The van der Waals surface area contributed by atoms with Gasteiger partial charge in [0.15, 0.2) is 0 Å². The number of hydrogen-bond donors (Lipinski definition) is 3. The molecular formula is C19H18N6O3S2. The molecule has 154 valence electrons. The molecule has 4 aromatic rings. The normalized spacial score (nSPS) is 12.1. The van der Waals surface area contributed by atoms with Crippen LogP contribution in [0.3, 0.4) is 0 Å². The van der Waals surface area contributed by atoms with Gasteiger partial charge < -0.3 is 15.4 Å². The Kier molecular flexibility index (Phi) is 6.10. The summed E-state index contributed by atoms with van der Waals surface area (Å²) < 4.78 is 1.62. The van der Waals surface area contributed by atoms with Crippen LogP contribution < -0.4 is 5.32 Å². The molecule has 0 unspecified atom stereocenters. The summed E-state index contributed by atoms with van der Waals surface area (Å²) in [5.41, 5.74) is 1.77. The number of H-pyrrole nitrogens is 1. The number of nitrogens with zero attached hydrogens (tertiary/aromatic N) is 4. The molecule has 1 aromatic carbocycles. The molecule has 0 fully saturated rings. The van der Waals surface area contributed by atoms with Crippen LogP contribution in [0.5, 0.6) is 0 Å². The number of fused-ring (bicyclic) bond motifs is 1. The van der Waals surface area contributed by atoms with E-state index in [4.69, 9.17) is 0 Å². The Hall–Kier alpha value is -3.18. The van der Waals surface area contributed by atoms with Crippen molar-refractivity contribution in [2.24, 2.45) is 0 Å². The molecule has 3 heterocycles. The van der Waals surface area contributed by atoms with E-state index in [1.807, 2.05) is 41.8 Å². The second-order valence-corrected chi connectivity index (χ2v) is 8.48. The number of aliphatic carboxylic acids is 1. The maximum Gasteiger partial charge on any atom is 0.326 e. The van der Waals surface area contributed by atoms with Crippen LogP contribution in [0.2, 0.25) is 0 Å². The Morgan fingerprint density at radius 3 is 2.93 bits per heavy atom. The molecule has 0 spiro atoms. The lowest BCUT2D eigenvalue weighted by molar-refractivity contribution is -0.141. The standard InChI is InChI=1S/C19H18N6O3S2/c26-17(11-30-19-22-23-24-25(19)10-13-4-3-7-29-13)21-16(18(27)28)8-12-9-20-15-6-2-1-5-14(12)15/h1-7,9,16,20H,8,10-11H2,(H,21,26)(H,27,28)/t16-/m0/s1. The van der Waals surface area contributed by atoms with Crippen LogP contribution in [0.1, 0.15) is 10.4 Å². The predicted octanol–water partition coefficient (Wildman–Crippen LogP) is 2.17. The molecule has 0 aliphatic heterocycles. The molecule has 3 N–H and O–H groups in total. The van der Waals surface area contributed by atoms with Gasteiger partial charge in [-0.05, 0) is 33.5 Å². The summed E-state index contributed by atoms with van der Waals surface area (Å²) in [5, 5.41) is 27.1. The van der Waals surface area contributed by atoms with Crippen molar-refractivity contribution in [2.75, 3.05) is 5.75 Å². The van der Waals surface area contributed by atoms with Crippen LogP contribution in [0, 0.1) is 0 Å². The van der Waals surface area contributed by atoms with E-state index in [1.54, 1.807) is 22.2 Å². The lowest BCUT2D eigenvalue weighted by Crippen LogP contribution is -2.43. The number of thioether (sulfide) groups is 1. The van der Waals surface area contributed by atoms with Gasteiger partial charge in [-0.15, -0.1) is 16.4 Å². The number of carboxylic acid groups (broad SMARTS) is 1. The van der Waals surface area contributed by atoms with Crippen molar-refractivity contribution in [1.29, 1.82) is 0 Å². The number of aromatic amines is 1. The van der Waals surface area contributed by atoms with Crippen LogP contribution >= 0.6 is 23.1 Å². The summed E-state index contributed by atoms with van der Waals surface area (Å²) in [5.74, 6) is -1.46. The molecule has 1 atom stereocenters. The van der Waals surface area contributed by atoms with Gasteiger partial charge >= 0.3 is 5.97 Å². The number of carbonyl (C=O) groups excluding carboxylic acids is 1. The highest BCUT2D eigenvalue weighted by Gasteiger charge is 2.22. The van der Waals surface area contributed by atoms with E-state index in [-0.39, 0.29) is 12.2 Å². The van der Waals surface area contributed by atoms with E-state index in [2.05, 4.69) is 25.8 Å². The summed E-state index contributed by atoms with van der Waals surface area (Å²) in [4.78, 5) is 28.3. The van der Waals surface area contributed by atoms with Crippen LogP contribution in [0.15, 0.2) is 53.1 Å². The summed E-state index contributed by atoms with van der Waals surface area (Å²) in [6.07, 6.45) is 1.96. The molecular weight excluding hydrogens is 424 g/mol. The molecule has 0 aliphatic carbocycles. The first-order valence-corrected chi connectivity index (χ1v) is 10.9. The molecule has 4 rings (SSSR count). The fraction of sp³-hybridized carbons (Fsp3) is 0.211. The monoisotopic (exact) mass is 442 g/mol. The number of carboxylic acids is 1. The van der Waals surface area contributed by atoms with Gasteiger partial charge in [0.2, 0.25) is 11.1 Å². The molecule has 0 radical (unpaired) electrons. The number of nitrogens with one attached hydrogen (secondary N) is 2. The SMILES string of the molecule is O=C(CSc1nnnn1Cc1cccs1)N[C@@H](Cc1c[nH]c2ccccc12)C(=O)O. The van der Waals surface area contributed by atoms with Crippen molar-refractivity contribution < 1.29 is 14.7 Å². The van der Waals surface area contributed by atoms with E-state index in [9.17, 15) is 14.7 Å². The Balaban J connectivity index is 1.36. The Morgan fingerprint density at radius 2 is 2.13 bits per heavy atom. The van der Waals surface area contributed by atoms with Crippen molar-refractivity contribution >= 4 is 45.9 Å². The molecule has 0 saturated carbocycles. The largest absolute Gasteiger partial charge is 0.480 e. The lowest BCUT2D eigenvalue weighted by atomic mass is 10.1. The number of para-hydroxylation sites is 1.